The predicted octanol–water partition coefficient (Wildman–Crippen LogP) is -0.0813. The Morgan fingerprint density at radius 1 is 0.638 bits per heavy atom. The van der Waals surface area contributed by atoms with Gasteiger partial charge >= 0.3 is 0 Å². The monoisotopic (exact) mass is 673 g/mol. The fourth-order valence-electron chi connectivity index (χ4n) is 5.31. The van der Waals surface area contributed by atoms with Gasteiger partial charge in [-0.25, -0.2) is 0 Å². The zero-order valence-electron chi connectivity index (χ0n) is 28.5. The van der Waals surface area contributed by atoms with E-state index in [-0.39, 0.29) is 81.8 Å². The minimum Gasteiger partial charge on any atom is -0.388 e. The van der Waals surface area contributed by atoms with Gasteiger partial charge in [-0.2, -0.15) is 0 Å². The van der Waals surface area contributed by atoms with Crippen LogP contribution in [-0.4, -0.2) is 135 Å². The largest absolute Gasteiger partial charge is 0.388 e. The van der Waals surface area contributed by atoms with E-state index in [0.717, 1.165) is 51.4 Å². The molecule has 6 N–H and O–H groups in total. The molecule has 0 aliphatic carbocycles. The van der Waals surface area contributed by atoms with Gasteiger partial charge in [-0.3, -0.25) is 24.1 Å². The molecule has 0 bridgehead atoms. The molecule has 0 aromatic rings. The van der Waals surface area contributed by atoms with Crippen molar-refractivity contribution in [2.24, 2.45) is 0 Å². The van der Waals surface area contributed by atoms with Crippen LogP contribution in [0.3, 0.4) is 0 Å². The molecule has 272 valence electrons. The fraction of sp³-hybridized carbons (Fsp3) is 0.875. The number of nitrogens with zero attached hydrogens (tertiary/aromatic N) is 1. The van der Waals surface area contributed by atoms with Crippen LogP contribution in [0.1, 0.15) is 84.5 Å². The van der Waals surface area contributed by atoms with Crippen molar-refractivity contribution in [3.05, 3.63) is 0 Å². The second-order valence-electron chi connectivity index (χ2n) is 12.4. The summed E-state index contributed by atoms with van der Waals surface area (Å²) in [4.78, 5) is 50.8. The number of amides is 4. The summed E-state index contributed by atoms with van der Waals surface area (Å²) in [6, 6.07) is 0. The van der Waals surface area contributed by atoms with E-state index in [9.17, 15) is 29.4 Å². The number of carbonyl (C=O) groups is 4. The van der Waals surface area contributed by atoms with Crippen molar-refractivity contribution in [2.45, 2.75) is 121 Å². The Labute approximate surface area is 279 Å². The minimum absolute atomic E-state index is 0.0161. The third kappa shape index (κ3) is 18.7. The average Bonchev–Trinajstić information content (AvgIpc) is 3.03. The van der Waals surface area contributed by atoms with Crippen molar-refractivity contribution in [3.8, 4) is 0 Å². The lowest BCUT2D eigenvalue weighted by Gasteiger charge is -2.32. The van der Waals surface area contributed by atoms with Crippen LogP contribution in [0.4, 0.5) is 0 Å². The Hall–Kier alpha value is -2.40. The molecule has 2 aliphatic heterocycles. The molecule has 2 heterocycles. The number of hydrogen-bond donors (Lipinski definition) is 6. The topological polar surface area (TPSA) is 197 Å². The number of hydrogen-bond acceptors (Lipinski definition) is 11. The predicted molar refractivity (Wildman–Crippen MR) is 173 cm³/mol. The Morgan fingerprint density at radius 2 is 1.06 bits per heavy atom. The van der Waals surface area contributed by atoms with Gasteiger partial charge in [-0.1, -0.05) is 25.7 Å². The molecule has 47 heavy (non-hydrogen) atoms. The first-order valence-electron chi connectivity index (χ1n) is 17.2. The second kappa shape index (κ2) is 23.8. The van der Waals surface area contributed by atoms with Gasteiger partial charge in [0, 0.05) is 33.1 Å². The number of aliphatic hydroxyl groups is 2. The van der Waals surface area contributed by atoms with E-state index in [1.807, 2.05) is 13.8 Å². The number of nitrogens with one attached hydrogen (secondary N) is 4. The first kappa shape index (κ1) is 40.8. The molecule has 0 unspecified atom stereocenters. The lowest BCUT2D eigenvalue weighted by atomic mass is 10.1. The molecule has 6 atom stereocenters. The Balaban J connectivity index is 1.73. The molecular formula is C32H59N5O10. The van der Waals surface area contributed by atoms with E-state index in [4.69, 9.17) is 18.9 Å². The first-order valence-corrected chi connectivity index (χ1v) is 17.2. The van der Waals surface area contributed by atoms with Crippen LogP contribution in [0, 0.1) is 0 Å². The molecule has 2 aliphatic rings. The van der Waals surface area contributed by atoms with Crippen molar-refractivity contribution in [3.63, 3.8) is 0 Å². The summed E-state index contributed by atoms with van der Waals surface area (Å²) < 4.78 is 22.4. The standard InChI is InChI=1S/C32H59N5O10/c1-23-11-13-25(38)31(46-23)44-18-16-35-29(42)21-37(20-28(41)34-15-9-7-5-4-6-8-10-27(40)33-3)22-30(43)36-17-19-45-32-26(39)14-12-24(2)47-32/h23-26,31-32,38-39H,4-22H2,1-3H3,(H,33,40)(H,34,41)(H,35,42)(H,36,43)/t23-,24-,25-,26-,31+,32+/m0/s1. The van der Waals surface area contributed by atoms with Crippen LogP contribution in [0.5, 0.6) is 0 Å². The number of rotatable bonds is 23. The number of carbonyl (C=O) groups excluding carboxylic acids is 4. The van der Waals surface area contributed by atoms with Gasteiger partial charge < -0.3 is 50.4 Å². The van der Waals surface area contributed by atoms with E-state index in [1.54, 1.807) is 7.05 Å². The molecule has 2 rings (SSSR count). The fourth-order valence-corrected chi connectivity index (χ4v) is 5.31. The molecule has 2 fully saturated rings. The summed E-state index contributed by atoms with van der Waals surface area (Å²) in [6.45, 7) is 4.39. The molecule has 15 heteroatoms. The maximum absolute atomic E-state index is 12.7. The highest BCUT2D eigenvalue weighted by molar-refractivity contribution is 5.84. The Kier molecular flexibility index (Phi) is 20.7. The molecule has 15 nitrogen and oxygen atoms in total. The van der Waals surface area contributed by atoms with Crippen molar-refractivity contribution < 1.29 is 48.3 Å². The van der Waals surface area contributed by atoms with Gasteiger partial charge in [-0.05, 0) is 52.4 Å². The lowest BCUT2D eigenvalue weighted by Crippen LogP contribution is -2.48. The van der Waals surface area contributed by atoms with Crippen molar-refractivity contribution in [2.75, 3.05) is 59.5 Å². The summed E-state index contributed by atoms with van der Waals surface area (Å²) >= 11 is 0. The summed E-state index contributed by atoms with van der Waals surface area (Å²) in [5.74, 6) is -1.01. The van der Waals surface area contributed by atoms with Gasteiger partial charge in [0.15, 0.2) is 12.6 Å². The molecule has 0 radical (unpaired) electrons. The van der Waals surface area contributed by atoms with Gasteiger partial charge in [0.1, 0.15) is 12.2 Å². The highest BCUT2D eigenvalue weighted by Gasteiger charge is 2.29. The van der Waals surface area contributed by atoms with Gasteiger partial charge in [0.2, 0.25) is 23.6 Å². The third-order valence-electron chi connectivity index (χ3n) is 8.05. The number of unbranched alkanes of at least 4 members (excludes halogenated alkanes) is 5. The van der Waals surface area contributed by atoms with Gasteiger partial charge in [0.05, 0.1) is 45.1 Å². The summed E-state index contributed by atoms with van der Waals surface area (Å²) in [5.41, 5.74) is 0. The van der Waals surface area contributed by atoms with Crippen LogP contribution in [0.15, 0.2) is 0 Å². The summed E-state index contributed by atoms with van der Waals surface area (Å²) in [6.07, 6.45) is 5.90. The second-order valence-corrected chi connectivity index (χ2v) is 12.4. The van der Waals surface area contributed by atoms with E-state index in [1.165, 1.54) is 4.90 Å². The highest BCUT2D eigenvalue weighted by Crippen LogP contribution is 2.20. The van der Waals surface area contributed by atoms with E-state index < -0.39 is 24.8 Å². The average molecular weight is 674 g/mol. The smallest absolute Gasteiger partial charge is 0.234 e. The maximum atomic E-state index is 12.7. The SMILES string of the molecule is CNC(=O)CCCCCCCCNC(=O)CN(CC(=O)NCCO[C@@H]1O[C@@H](C)CC[C@@H]1O)CC(=O)NCCO[C@@H]1O[C@@H](C)CC[C@@H]1O. The zero-order valence-corrected chi connectivity index (χ0v) is 28.5. The maximum Gasteiger partial charge on any atom is 0.234 e. The van der Waals surface area contributed by atoms with Crippen LogP contribution in [-0.2, 0) is 38.1 Å². The highest BCUT2D eigenvalue weighted by atomic mass is 16.7. The quantitative estimate of drug-likeness (QED) is 0.0794. The molecule has 0 spiro atoms. The van der Waals surface area contributed by atoms with Crippen LogP contribution in [0.2, 0.25) is 0 Å². The molecule has 4 amide bonds. The normalized spacial score (nSPS) is 24.5. The third-order valence-corrected chi connectivity index (χ3v) is 8.05. The van der Waals surface area contributed by atoms with Crippen molar-refractivity contribution in [1.82, 2.24) is 26.2 Å². The van der Waals surface area contributed by atoms with E-state index >= 15 is 0 Å². The van der Waals surface area contributed by atoms with E-state index in [0.29, 0.717) is 25.8 Å². The zero-order chi connectivity index (χ0) is 34.4. The Bertz CT molecular complexity index is 881. The van der Waals surface area contributed by atoms with Crippen LogP contribution in [0.25, 0.3) is 0 Å². The first-order chi connectivity index (χ1) is 22.6. The Morgan fingerprint density at radius 3 is 1.53 bits per heavy atom. The van der Waals surface area contributed by atoms with Gasteiger partial charge in [-0.15, -0.1) is 0 Å². The minimum atomic E-state index is -0.742. The molecular weight excluding hydrogens is 614 g/mol. The molecule has 0 saturated carbocycles. The molecule has 0 aromatic carbocycles. The summed E-state index contributed by atoms with van der Waals surface area (Å²) in [5, 5.41) is 31.0. The number of ether oxygens (including phenoxy) is 4. The van der Waals surface area contributed by atoms with E-state index in [2.05, 4.69) is 21.3 Å². The summed E-state index contributed by atoms with van der Waals surface area (Å²) in [7, 11) is 1.64. The van der Waals surface area contributed by atoms with Crippen LogP contribution >= 0.6 is 0 Å². The number of aliphatic hydroxyl groups excluding tert-OH is 2. The van der Waals surface area contributed by atoms with Gasteiger partial charge in [0.25, 0.3) is 0 Å². The van der Waals surface area contributed by atoms with Crippen molar-refractivity contribution >= 4 is 23.6 Å². The lowest BCUT2D eigenvalue weighted by molar-refractivity contribution is -0.235. The molecule has 2 saturated heterocycles. The van der Waals surface area contributed by atoms with Crippen LogP contribution < -0.4 is 21.3 Å². The molecule has 0 aromatic heterocycles. The van der Waals surface area contributed by atoms with Crippen molar-refractivity contribution in [1.29, 1.82) is 0 Å².